The van der Waals surface area contributed by atoms with Gasteiger partial charge in [0.25, 0.3) is 0 Å². The first-order valence-electron chi connectivity index (χ1n) is 7.47. The summed E-state index contributed by atoms with van der Waals surface area (Å²) in [6.45, 7) is 0. The molecule has 0 radical (unpaired) electrons. The van der Waals surface area contributed by atoms with E-state index in [1.165, 1.54) is 44.4 Å². The molecule has 2 rings (SSSR count). The zero-order chi connectivity index (χ0) is 19.3. The van der Waals surface area contributed by atoms with Crippen LogP contribution in [0.1, 0.15) is 10.4 Å². The molecular formula is C18H18N2O6. The molecule has 0 aromatic heterocycles. The molecule has 2 N–H and O–H groups in total. The summed E-state index contributed by atoms with van der Waals surface area (Å²) in [5.41, 5.74) is 5.87. The Morgan fingerprint density at radius 1 is 1.00 bits per heavy atom. The lowest BCUT2D eigenvalue weighted by Gasteiger charge is -2.25. The van der Waals surface area contributed by atoms with Crippen LogP contribution in [0.15, 0.2) is 53.9 Å². The predicted molar refractivity (Wildman–Crippen MR) is 93.3 cm³/mol. The normalized spacial score (nSPS) is 13.3. The summed E-state index contributed by atoms with van der Waals surface area (Å²) in [5.74, 6) is -1.80. The second kappa shape index (κ2) is 8.02. The van der Waals surface area contributed by atoms with Gasteiger partial charge in [0.15, 0.2) is 0 Å². The molecule has 8 nitrogen and oxygen atoms in total. The minimum Gasteiger partial charge on any atom is -0.495 e. The number of methoxy groups -OCH3 is 3. The van der Waals surface area contributed by atoms with Gasteiger partial charge in [-0.05, 0) is 30.4 Å². The number of carbonyl (C=O) groups excluding carboxylic acids is 3. The van der Waals surface area contributed by atoms with Crippen molar-refractivity contribution in [2.24, 2.45) is 5.73 Å². The molecule has 0 saturated heterocycles. The summed E-state index contributed by atoms with van der Waals surface area (Å²) >= 11 is 0. The van der Waals surface area contributed by atoms with Crippen LogP contribution in [0.3, 0.4) is 0 Å². The highest BCUT2D eigenvalue weighted by atomic mass is 16.5. The Balaban J connectivity index is 2.71. The molecule has 26 heavy (non-hydrogen) atoms. The molecule has 0 atom stereocenters. The highest BCUT2D eigenvalue weighted by Crippen LogP contribution is 2.34. The summed E-state index contributed by atoms with van der Waals surface area (Å²) < 4.78 is 14.9. The Kier molecular flexibility index (Phi) is 5.79. The van der Waals surface area contributed by atoms with E-state index in [2.05, 4.69) is 0 Å². The SMILES string of the molecule is COC(=O)C1=C(C(=O)OC)N(c2ccc(C(N)=O)cc2OC)C=CC=C1. The minimum atomic E-state index is -0.748. The lowest BCUT2D eigenvalue weighted by atomic mass is 10.1. The molecule has 1 aromatic rings. The molecule has 1 heterocycles. The smallest absolute Gasteiger partial charge is 0.355 e. The Morgan fingerprint density at radius 2 is 1.69 bits per heavy atom. The predicted octanol–water partition coefficient (Wildman–Crippen LogP) is 1.28. The fraction of sp³-hybridized carbons (Fsp3) is 0.167. The standard InChI is InChI=1S/C18H18N2O6/c1-24-14-10-11(16(19)21)7-8-13(14)20-9-5-4-6-12(17(22)25-2)15(20)18(23)26-3/h4-10H,1-3H3,(H2,19,21). The average molecular weight is 358 g/mol. The first-order chi connectivity index (χ1) is 12.4. The van der Waals surface area contributed by atoms with Gasteiger partial charge in [-0.25, -0.2) is 9.59 Å². The van der Waals surface area contributed by atoms with Gasteiger partial charge in [0.1, 0.15) is 11.4 Å². The van der Waals surface area contributed by atoms with Gasteiger partial charge >= 0.3 is 11.9 Å². The summed E-state index contributed by atoms with van der Waals surface area (Å²) in [6, 6.07) is 4.47. The Labute approximate surface area is 150 Å². The monoisotopic (exact) mass is 358 g/mol. The van der Waals surface area contributed by atoms with Crippen molar-refractivity contribution in [3.8, 4) is 5.75 Å². The zero-order valence-electron chi connectivity index (χ0n) is 14.5. The number of primary amides is 1. The molecule has 0 unspecified atom stereocenters. The third kappa shape index (κ3) is 3.59. The quantitative estimate of drug-likeness (QED) is 0.790. The lowest BCUT2D eigenvalue weighted by molar-refractivity contribution is -0.139. The third-order valence-corrected chi connectivity index (χ3v) is 3.61. The molecule has 1 aromatic carbocycles. The van der Waals surface area contributed by atoms with Crippen LogP contribution < -0.4 is 15.4 Å². The van der Waals surface area contributed by atoms with Crippen LogP contribution in [0, 0.1) is 0 Å². The first kappa shape index (κ1) is 18.8. The zero-order valence-corrected chi connectivity index (χ0v) is 14.5. The molecule has 0 spiro atoms. The molecule has 1 aliphatic rings. The van der Waals surface area contributed by atoms with Crippen molar-refractivity contribution in [3.63, 3.8) is 0 Å². The molecule has 8 heteroatoms. The number of rotatable bonds is 5. The van der Waals surface area contributed by atoms with Gasteiger partial charge in [-0.3, -0.25) is 4.79 Å². The van der Waals surface area contributed by atoms with Crippen molar-refractivity contribution in [1.29, 1.82) is 0 Å². The van der Waals surface area contributed by atoms with E-state index in [-0.39, 0.29) is 22.6 Å². The molecular weight excluding hydrogens is 340 g/mol. The summed E-state index contributed by atoms with van der Waals surface area (Å²) in [4.78, 5) is 37.3. The first-order valence-corrected chi connectivity index (χ1v) is 7.47. The molecule has 0 saturated carbocycles. The maximum absolute atomic E-state index is 12.4. The van der Waals surface area contributed by atoms with E-state index in [0.717, 1.165) is 0 Å². The minimum absolute atomic E-state index is 0.00498. The molecule has 0 bridgehead atoms. The van der Waals surface area contributed by atoms with Crippen molar-refractivity contribution >= 4 is 23.5 Å². The Hall–Kier alpha value is -3.55. The molecule has 1 amide bonds. The van der Waals surface area contributed by atoms with Gasteiger partial charge in [-0.2, -0.15) is 0 Å². The van der Waals surface area contributed by atoms with Crippen molar-refractivity contribution in [2.45, 2.75) is 0 Å². The molecule has 1 aliphatic heterocycles. The van der Waals surface area contributed by atoms with Crippen molar-refractivity contribution in [3.05, 3.63) is 59.5 Å². The summed E-state index contributed by atoms with van der Waals surface area (Å²) in [6.07, 6.45) is 6.21. The Morgan fingerprint density at radius 3 is 2.27 bits per heavy atom. The second-order valence-corrected chi connectivity index (χ2v) is 5.07. The highest BCUT2D eigenvalue weighted by Gasteiger charge is 2.29. The third-order valence-electron chi connectivity index (χ3n) is 3.61. The van der Waals surface area contributed by atoms with Gasteiger partial charge in [-0.1, -0.05) is 6.08 Å². The lowest BCUT2D eigenvalue weighted by Crippen LogP contribution is -2.27. The van der Waals surface area contributed by atoms with Gasteiger partial charge < -0.3 is 24.8 Å². The van der Waals surface area contributed by atoms with Gasteiger partial charge in [0.2, 0.25) is 5.91 Å². The highest BCUT2D eigenvalue weighted by molar-refractivity contribution is 6.06. The van der Waals surface area contributed by atoms with Crippen LogP contribution in [-0.2, 0) is 19.1 Å². The number of nitrogens with two attached hydrogens (primary N) is 1. The number of carbonyl (C=O) groups is 3. The number of hydrogen-bond donors (Lipinski definition) is 1. The van der Waals surface area contributed by atoms with E-state index in [1.54, 1.807) is 24.4 Å². The van der Waals surface area contributed by atoms with Gasteiger partial charge in [0.05, 0.1) is 32.6 Å². The molecule has 136 valence electrons. The molecule has 0 aliphatic carbocycles. The fourth-order valence-corrected chi connectivity index (χ4v) is 2.38. The van der Waals surface area contributed by atoms with Crippen LogP contribution >= 0.6 is 0 Å². The van der Waals surface area contributed by atoms with Gasteiger partial charge in [0, 0.05) is 11.8 Å². The van der Waals surface area contributed by atoms with E-state index >= 15 is 0 Å². The van der Waals surface area contributed by atoms with Crippen LogP contribution in [0.4, 0.5) is 5.69 Å². The van der Waals surface area contributed by atoms with Crippen molar-refractivity contribution in [2.75, 3.05) is 26.2 Å². The Bertz CT molecular complexity index is 838. The van der Waals surface area contributed by atoms with Crippen LogP contribution in [0.5, 0.6) is 5.75 Å². The maximum Gasteiger partial charge on any atom is 0.355 e. The van der Waals surface area contributed by atoms with Crippen LogP contribution in [0.25, 0.3) is 0 Å². The maximum atomic E-state index is 12.4. The summed E-state index contributed by atoms with van der Waals surface area (Å²) in [7, 11) is 3.82. The average Bonchev–Trinajstić information content (AvgIpc) is 2.88. The number of hydrogen-bond acceptors (Lipinski definition) is 7. The van der Waals surface area contributed by atoms with E-state index in [0.29, 0.717) is 5.69 Å². The van der Waals surface area contributed by atoms with E-state index in [4.69, 9.17) is 19.9 Å². The fourth-order valence-electron chi connectivity index (χ4n) is 2.38. The van der Waals surface area contributed by atoms with E-state index in [9.17, 15) is 14.4 Å². The molecule has 0 fully saturated rings. The number of amides is 1. The largest absolute Gasteiger partial charge is 0.495 e. The summed E-state index contributed by atoms with van der Waals surface area (Å²) in [5, 5.41) is 0. The number of ether oxygens (including phenoxy) is 3. The number of allylic oxidation sites excluding steroid dienone is 2. The van der Waals surface area contributed by atoms with Crippen molar-refractivity contribution < 1.29 is 28.6 Å². The van der Waals surface area contributed by atoms with Crippen molar-refractivity contribution in [1.82, 2.24) is 0 Å². The van der Waals surface area contributed by atoms with E-state index < -0.39 is 17.8 Å². The van der Waals surface area contributed by atoms with Crippen LogP contribution in [0.2, 0.25) is 0 Å². The van der Waals surface area contributed by atoms with Gasteiger partial charge in [-0.15, -0.1) is 0 Å². The number of benzene rings is 1. The van der Waals surface area contributed by atoms with Crippen LogP contribution in [-0.4, -0.2) is 39.2 Å². The topological polar surface area (TPSA) is 108 Å². The number of anilines is 1. The second-order valence-electron chi connectivity index (χ2n) is 5.07. The van der Waals surface area contributed by atoms with E-state index in [1.807, 2.05) is 0 Å². The number of esters is 2. The number of nitrogens with zero attached hydrogens (tertiary/aromatic N) is 1.